The molecule has 1 aromatic carbocycles. The predicted molar refractivity (Wildman–Crippen MR) is 79.4 cm³/mol. The molecule has 4 heteroatoms. The van der Waals surface area contributed by atoms with E-state index in [4.69, 9.17) is 0 Å². The Morgan fingerprint density at radius 2 is 2.20 bits per heavy atom. The van der Waals surface area contributed by atoms with E-state index in [1.165, 1.54) is 16.5 Å². The maximum absolute atomic E-state index is 13.7. The van der Waals surface area contributed by atoms with Gasteiger partial charge in [0.15, 0.2) is 0 Å². The van der Waals surface area contributed by atoms with E-state index < -0.39 is 6.10 Å². The average molecular weight is 291 g/mol. The van der Waals surface area contributed by atoms with Crippen LogP contribution in [0, 0.1) is 5.82 Å². The summed E-state index contributed by atoms with van der Waals surface area (Å²) in [4.78, 5) is 3.67. The molecule has 2 nitrogen and oxygen atoms in total. The SMILES string of the molecule is C[C@H]1c2ccsc2CCN1C[C@H](O)c1ccccc1F. The highest BCUT2D eigenvalue weighted by Gasteiger charge is 2.27. The van der Waals surface area contributed by atoms with Crippen LogP contribution < -0.4 is 0 Å². The number of aliphatic hydroxyl groups excluding tert-OH is 1. The summed E-state index contributed by atoms with van der Waals surface area (Å²) in [5.74, 6) is -0.333. The van der Waals surface area contributed by atoms with Crippen LogP contribution in [0.4, 0.5) is 4.39 Å². The molecule has 2 atom stereocenters. The minimum atomic E-state index is -0.779. The van der Waals surface area contributed by atoms with Gasteiger partial charge in [0.1, 0.15) is 5.82 Å². The molecule has 0 unspecified atom stereocenters. The van der Waals surface area contributed by atoms with Crippen molar-refractivity contribution in [2.24, 2.45) is 0 Å². The molecule has 3 rings (SSSR count). The summed E-state index contributed by atoms with van der Waals surface area (Å²) >= 11 is 1.80. The van der Waals surface area contributed by atoms with E-state index in [1.807, 2.05) is 0 Å². The van der Waals surface area contributed by atoms with Gasteiger partial charge in [0.25, 0.3) is 0 Å². The Kier molecular flexibility index (Phi) is 3.87. The molecule has 0 fully saturated rings. The quantitative estimate of drug-likeness (QED) is 0.935. The lowest BCUT2D eigenvalue weighted by Gasteiger charge is -2.35. The second-order valence-corrected chi connectivity index (χ2v) is 6.26. The molecule has 0 bridgehead atoms. The number of hydrogen-bond donors (Lipinski definition) is 1. The van der Waals surface area contributed by atoms with Crippen molar-refractivity contribution >= 4 is 11.3 Å². The number of rotatable bonds is 3. The first-order valence-corrected chi connectivity index (χ1v) is 7.77. The topological polar surface area (TPSA) is 23.5 Å². The summed E-state index contributed by atoms with van der Waals surface area (Å²) < 4.78 is 13.7. The highest BCUT2D eigenvalue weighted by Crippen LogP contribution is 2.34. The maximum atomic E-state index is 13.7. The first kappa shape index (κ1) is 13.7. The zero-order valence-electron chi connectivity index (χ0n) is 11.4. The van der Waals surface area contributed by atoms with E-state index in [1.54, 1.807) is 29.5 Å². The van der Waals surface area contributed by atoms with Gasteiger partial charge < -0.3 is 5.11 Å². The van der Waals surface area contributed by atoms with Crippen molar-refractivity contribution in [3.8, 4) is 0 Å². The fraction of sp³-hybridized carbons (Fsp3) is 0.375. The lowest BCUT2D eigenvalue weighted by atomic mass is 10.00. The van der Waals surface area contributed by atoms with E-state index in [2.05, 4.69) is 23.3 Å². The molecule has 0 radical (unpaired) electrons. The average Bonchev–Trinajstić information content (AvgIpc) is 2.91. The Morgan fingerprint density at radius 1 is 1.40 bits per heavy atom. The standard InChI is InChI=1S/C16H18FNOS/c1-11-12-7-9-20-16(12)6-8-18(11)10-15(19)13-4-2-3-5-14(13)17/h2-5,7,9,11,15,19H,6,8,10H2,1H3/t11-,15-/m0/s1. The number of benzene rings is 1. The third-order valence-corrected chi connectivity index (χ3v) is 5.07. The molecule has 1 aliphatic rings. The summed E-state index contributed by atoms with van der Waals surface area (Å²) in [6.45, 7) is 3.54. The van der Waals surface area contributed by atoms with Crippen LogP contribution in [0.5, 0.6) is 0 Å². The Morgan fingerprint density at radius 3 is 3.00 bits per heavy atom. The van der Waals surface area contributed by atoms with Gasteiger partial charge in [-0.15, -0.1) is 11.3 Å². The van der Waals surface area contributed by atoms with Gasteiger partial charge in [0, 0.05) is 29.6 Å². The molecule has 106 valence electrons. The molecule has 20 heavy (non-hydrogen) atoms. The fourth-order valence-corrected chi connectivity index (χ4v) is 3.84. The van der Waals surface area contributed by atoms with Gasteiger partial charge in [-0.3, -0.25) is 4.90 Å². The molecule has 1 aromatic heterocycles. The van der Waals surface area contributed by atoms with E-state index in [0.29, 0.717) is 12.1 Å². The van der Waals surface area contributed by atoms with Crippen LogP contribution in [0.2, 0.25) is 0 Å². The van der Waals surface area contributed by atoms with Gasteiger partial charge in [-0.25, -0.2) is 4.39 Å². The van der Waals surface area contributed by atoms with Crippen LogP contribution in [0.15, 0.2) is 35.7 Å². The third kappa shape index (κ3) is 2.51. The van der Waals surface area contributed by atoms with Gasteiger partial charge in [-0.2, -0.15) is 0 Å². The second-order valence-electron chi connectivity index (χ2n) is 5.26. The van der Waals surface area contributed by atoms with E-state index in [9.17, 15) is 9.50 Å². The Hall–Kier alpha value is -1.23. The number of aliphatic hydroxyl groups is 1. The van der Waals surface area contributed by atoms with Crippen molar-refractivity contribution < 1.29 is 9.50 Å². The van der Waals surface area contributed by atoms with Gasteiger partial charge in [0.2, 0.25) is 0 Å². The Balaban J connectivity index is 1.74. The molecule has 2 aromatic rings. The van der Waals surface area contributed by atoms with Crippen molar-refractivity contribution in [1.29, 1.82) is 0 Å². The highest BCUT2D eigenvalue weighted by molar-refractivity contribution is 7.10. The molecular formula is C16H18FNOS. The molecule has 0 saturated heterocycles. The normalized spacial score (nSPS) is 20.6. The van der Waals surface area contributed by atoms with Gasteiger partial charge in [-0.05, 0) is 36.4 Å². The minimum Gasteiger partial charge on any atom is -0.387 e. The molecule has 0 spiro atoms. The molecule has 0 amide bonds. The Bertz CT molecular complexity index is 598. The third-order valence-electron chi connectivity index (χ3n) is 4.08. The van der Waals surface area contributed by atoms with Crippen molar-refractivity contribution in [2.45, 2.75) is 25.5 Å². The number of hydrogen-bond acceptors (Lipinski definition) is 3. The summed E-state index contributed by atoms with van der Waals surface area (Å²) in [6.07, 6.45) is 0.236. The van der Waals surface area contributed by atoms with Crippen molar-refractivity contribution in [1.82, 2.24) is 4.90 Å². The molecule has 1 aliphatic heterocycles. The number of thiophene rings is 1. The fourth-order valence-electron chi connectivity index (χ4n) is 2.88. The van der Waals surface area contributed by atoms with Crippen molar-refractivity contribution in [3.63, 3.8) is 0 Å². The first-order chi connectivity index (χ1) is 9.66. The van der Waals surface area contributed by atoms with Crippen LogP contribution in [-0.2, 0) is 6.42 Å². The monoisotopic (exact) mass is 291 g/mol. The van der Waals surface area contributed by atoms with E-state index in [0.717, 1.165) is 13.0 Å². The lowest BCUT2D eigenvalue weighted by molar-refractivity contribution is 0.0848. The van der Waals surface area contributed by atoms with Crippen LogP contribution >= 0.6 is 11.3 Å². The zero-order chi connectivity index (χ0) is 14.1. The summed E-state index contributed by atoms with van der Waals surface area (Å²) in [5.41, 5.74) is 1.73. The molecule has 1 N–H and O–H groups in total. The number of nitrogens with zero attached hydrogens (tertiary/aromatic N) is 1. The summed E-state index contributed by atoms with van der Waals surface area (Å²) in [7, 11) is 0. The van der Waals surface area contributed by atoms with Crippen molar-refractivity contribution in [3.05, 3.63) is 57.5 Å². The number of β-amino-alcohol motifs (C(OH)–C–C–N with tert-alkyl or cyclic N) is 1. The molecule has 0 aliphatic carbocycles. The lowest BCUT2D eigenvalue weighted by Crippen LogP contribution is -2.36. The van der Waals surface area contributed by atoms with Crippen LogP contribution in [0.25, 0.3) is 0 Å². The second kappa shape index (κ2) is 5.64. The number of fused-ring (bicyclic) bond motifs is 1. The van der Waals surface area contributed by atoms with Crippen LogP contribution in [0.3, 0.4) is 0 Å². The smallest absolute Gasteiger partial charge is 0.129 e. The molecule has 0 saturated carbocycles. The van der Waals surface area contributed by atoms with Gasteiger partial charge >= 0.3 is 0 Å². The van der Waals surface area contributed by atoms with Crippen molar-refractivity contribution in [2.75, 3.05) is 13.1 Å². The predicted octanol–water partition coefficient (Wildman–Crippen LogP) is 3.54. The Labute approximate surface area is 122 Å². The largest absolute Gasteiger partial charge is 0.387 e. The first-order valence-electron chi connectivity index (χ1n) is 6.89. The van der Waals surface area contributed by atoms with Gasteiger partial charge in [-0.1, -0.05) is 18.2 Å². The van der Waals surface area contributed by atoms with E-state index >= 15 is 0 Å². The summed E-state index contributed by atoms with van der Waals surface area (Å²) in [5, 5.41) is 12.4. The summed E-state index contributed by atoms with van der Waals surface area (Å²) in [6, 6.07) is 8.91. The minimum absolute atomic E-state index is 0.284. The van der Waals surface area contributed by atoms with Crippen LogP contribution in [0.1, 0.15) is 35.1 Å². The molecular weight excluding hydrogens is 273 g/mol. The zero-order valence-corrected chi connectivity index (χ0v) is 12.2. The van der Waals surface area contributed by atoms with Crippen LogP contribution in [-0.4, -0.2) is 23.1 Å². The van der Waals surface area contributed by atoms with Gasteiger partial charge in [0.05, 0.1) is 6.10 Å². The van der Waals surface area contributed by atoms with E-state index in [-0.39, 0.29) is 11.9 Å². The number of halogens is 1. The maximum Gasteiger partial charge on any atom is 0.129 e. The highest BCUT2D eigenvalue weighted by atomic mass is 32.1. The molecule has 2 heterocycles.